The van der Waals surface area contributed by atoms with Crippen molar-refractivity contribution in [3.8, 4) is 0 Å². The van der Waals surface area contributed by atoms with Crippen molar-refractivity contribution in [3.05, 3.63) is 54.6 Å². The number of rotatable bonds is 2. The van der Waals surface area contributed by atoms with Crippen LogP contribution in [0.5, 0.6) is 0 Å². The van der Waals surface area contributed by atoms with Crippen molar-refractivity contribution >= 4 is 29.8 Å². The van der Waals surface area contributed by atoms with Gasteiger partial charge in [0.05, 0.1) is 11.0 Å². The van der Waals surface area contributed by atoms with Gasteiger partial charge in [-0.15, -0.1) is 0 Å². The molecule has 0 aliphatic rings. The van der Waals surface area contributed by atoms with E-state index in [1.807, 2.05) is 0 Å². The zero-order valence-corrected chi connectivity index (χ0v) is 13.9. The average Bonchev–Trinajstić information content (AvgIpc) is 2.77. The predicted octanol–water partition coefficient (Wildman–Crippen LogP) is 3.80. The molecule has 0 aliphatic carbocycles. The van der Waals surface area contributed by atoms with Crippen LogP contribution in [0, 0.1) is 0 Å². The molecule has 0 radical (unpaired) electrons. The lowest BCUT2D eigenvalue weighted by atomic mass is 10.3. The average molecular weight is 296 g/mol. The second-order valence-corrected chi connectivity index (χ2v) is 9.23. The molecule has 1 unspecified atom stereocenters. The normalized spacial score (nSPS) is 13.5. The maximum Gasteiger partial charge on any atom is 0.137 e. The fourth-order valence-electron chi connectivity index (χ4n) is 2.71. The summed E-state index contributed by atoms with van der Waals surface area (Å²) in [7, 11) is 1.63. The minimum Gasteiger partial charge on any atom is -0.327 e. The molecule has 0 aliphatic heterocycles. The van der Waals surface area contributed by atoms with Crippen molar-refractivity contribution in [3.63, 3.8) is 0 Å². The molecule has 2 nitrogen and oxygen atoms in total. The Morgan fingerprint density at radius 2 is 1.52 bits per heavy atom. The molecule has 1 aromatic heterocycles. The van der Waals surface area contributed by atoms with Crippen molar-refractivity contribution < 1.29 is 0 Å². The van der Waals surface area contributed by atoms with E-state index in [4.69, 9.17) is 4.98 Å². The van der Waals surface area contributed by atoms with Crippen LogP contribution >= 0.6 is 7.92 Å². The number of para-hydroxylation sites is 2. The molecule has 3 rings (SSSR count). The first-order chi connectivity index (χ1) is 9.98. The summed E-state index contributed by atoms with van der Waals surface area (Å²) in [5.74, 6) is 0. The molecule has 1 heterocycles. The smallest absolute Gasteiger partial charge is 0.137 e. The van der Waals surface area contributed by atoms with Gasteiger partial charge in [0.1, 0.15) is 5.57 Å². The van der Waals surface area contributed by atoms with Crippen molar-refractivity contribution in [2.75, 3.05) is 0 Å². The minimum atomic E-state index is -0.508. The van der Waals surface area contributed by atoms with E-state index >= 15 is 0 Å². The van der Waals surface area contributed by atoms with Gasteiger partial charge < -0.3 is 4.57 Å². The first-order valence-electron chi connectivity index (χ1n) is 7.25. The lowest BCUT2D eigenvalue weighted by Crippen LogP contribution is -2.31. The highest BCUT2D eigenvalue weighted by Gasteiger charge is 2.31. The molecule has 0 fully saturated rings. The van der Waals surface area contributed by atoms with Gasteiger partial charge in [0.25, 0.3) is 0 Å². The molecule has 0 spiro atoms. The van der Waals surface area contributed by atoms with Gasteiger partial charge in [-0.2, -0.15) is 0 Å². The molecule has 21 heavy (non-hydrogen) atoms. The number of fused-ring (bicyclic) bond motifs is 1. The zero-order chi connectivity index (χ0) is 15.0. The third kappa shape index (κ3) is 2.61. The van der Waals surface area contributed by atoms with Crippen LogP contribution in [0.25, 0.3) is 11.0 Å². The molecule has 1 atom stereocenters. The van der Waals surface area contributed by atoms with Gasteiger partial charge in [0.15, 0.2) is 0 Å². The number of hydrogen-bond acceptors (Lipinski definition) is 1. The van der Waals surface area contributed by atoms with E-state index in [2.05, 4.69) is 87.0 Å². The lowest BCUT2D eigenvalue weighted by Gasteiger charge is -2.31. The van der Waals surface area contributed by atoms with Crippen LogP contribution in [0.1, 0.15) is 20.8 Å². The first kappa shape index (κ1) is 14.3. The monoisotopic (exact) mass is 296 g/mol. The Morgan fingerprint density at radius 1 is 0.905 bits per heavy atom. The van der Waals surface area contributed by atoms with Crippen LogP contribution in [0.4, 0.5) is 0 Å². The molecular weight excluding hydrogens is 275 g/mol. The third-order valence-electron chi connectivity index (χ3n) is 3.65. The molecular formula is C18H21N2P. The minimum absolute atomic E-state index is 0.172. The van der Waals surface area contributed by atoms with Gasteiger partial charge in [0.2, 0.25) is 0 Å². The van der Waals surface area contributed by atoms with Gasteiger partial charge in [-0.25, -0.2) is 4.98 Å². The highest BCUT2D eigenvalue weighted by Crippen LogP contribution is 2.47. The summed E-state index contributed by atoms with van der Waals surface area (Å²) in [5, 5.41) is 1.56. The highest BCUT2D eigenvalue weighted by atomic mass is 31.1. The summed E-state index contributed by atoms with van der Waals surface area (Å²) in [4.78, 5) is 4.95. The second-order valence-electron chi connectivity index (χ2n) is 6.30. The van der Waals surface area contributed by atoms with E-state index in [1.54, 1.807) is 0 Å². The van der Waals surface area contributed by atoms with Crippen molar-refractivity contribution in [2.45, 2.75) is 25.9 Å². The van der Waals surface area contributed by atoms with E-state index in [-0.39, 0.29) is 5.16 Å². The van der Waals surface area contributed by atoms with Crippen molar-refractivity contribution in [2.24, 2.45) is 7.05 Å². The van der Waals surface area contributed by atoms with E-state index < -0.39 is 7.92 Å². The molecule has 3 aromatic rings. The Hall–Kier alpha value is -1.66. The predicted molar refractivity (Wildman–Crippen MR) is 93.1 cm³/mol. The van der Waals surface area contributed by atoms with Gasteiger partial charge in [-0.1, -0.05) is 63.2 Å². The fraction of sp³-hybridized carbons (Fsp3) is 0.278. The topological polar surface area (TPSA) is 17.8 Å². The van der Waals surface area contributed by atoms with Crippen molar-refractivity contribution in [1.29, 1.82) is 0 Å². The summed E-state index contributed by atoms with van der Waals surface area (Å²) in [6.45, 7) is 6.93. The molecule has 0 saturated carbocycles. The molecule has 0 amide bonds. The maximum atomic E-state index is 4.95. The fourth-order valence-corrected chi connectivity index (χ4v) is 5.40. The maximum absolute atomic E-state index is 4.95. The Kier molecular flexibility index (Phi) is 3.59. The second kappa shape index (κ2) is 5.27. The number of hydrogen-bond donors (Lipinski definition) is 0. The van der Waals surface area contributed by atoms with E-state index in [9.17, 15) is 0 Å². The summed E-state index contributed by atoms with van der Waals surface area (Å²) in [5.41, 5.74) is 3.49. The number of imidazole rings is 1. The molecule has 3 heteroatoms. The number of aryl methyl sites for hydroxylation is 1. The number of nitrogens with zero attached hydrogens (tertiary/aromatic N) is 2. The van der Waals surface area contributed by atoms with Crippen LogP contribution < -0.4 is 10.9 Å². The molecule has 0 bridgehead atoms. The Bertz CT molecular complexity index is 754. The van der Waals surface area contributed by atoms with Crippen LogP contribution in [-0.2, 0) is 7.05 Å². The summed E-state index contributed by atoms with van der Waals surface area (Å²) < 4.78 is 2.26. The summed E-state index contributed by atoms with van der Waals surface area (Å²) >= 11 is 0. The number of benzene rings is 2. The van der Waals surface area contributed by atoms with Gasteiger partial charge >= 0.3 is 0 Å². The number of aromatic nitrogens is 2. The summed E-state index contributed by atoms with van der Waals surface area (Å²) in [6.07, 6.45) is 0. The third-order valence-corrected chi connectivity index (χ3v) is 6.60. The lowest BCUT2D eigenvalue weighted by molar-refractivity contribution is 0.789. The molecule has 108 valence electrons. The van der Waals surface area contributed by atoms with E-state index in [0.717, 1.165) is 5.52 Å². The van der Waals surface area contributed by atoms with Crippen LogP contribution in [-0.4, -0.2) is 14.7 Å². The molecule has 0 saturated heterocycles. The van der Waals surface area contributed by atoms with Gasteiger partial charge in [0, 0.05) is 15.0 Å². The van der Waals surface area contributed by atoms with E-state index in [0.29, 0.717) is 0 Å². The van der Waals surface area contributed by atoms with Gasteiger partial charge in [-0.05, 0) is 22.6 Å². The zero-order valence-electron chi connectivity index (χ0n) is 13.0. The standard InChI is InChI=1S/C18H21N2P/c1-18(2,3)21(14-10-6-5-7-11-14)17-19-15-12-8-9-13-16(15)20(17)4/h5-13H,1-4H3. The molecule has 0 N–H and O–H groups in total. The summed E-state index contributed by atoms with van der Waals surface area (Å²) in [6, 6.07) is 19.2. The van der Waals surface area contributed by atoms with Gasteiger partial charge in [-0.3, -0.25) is 0 Å². The Balaban J connectivity index is 2.22. The van der Waals surface area contributed by atoms with E-state index in [1.165, 1.54) is 16.4 Å². The first-order valence-corrected chi connectivity index (χ1v) is 8.59. The Labute approximate surface area is 127 Å². The highest BCUT2D eigenvalue weighted by molar-refractivity contribution is 7.73. The van der Waals surface area contributed by atoms with Crippen LogP contribution in [0.15, 0.2) is 54.6 Å². The SMILES string of the molecule is Cn1c(P(c2ccccc2)C(C)(C)C)nc2ccccc21. The van der Waals surface area contributed by atoms with Crippen LogP contribution in [0.2, 0.25) is 0 Å². The van der Waals surface area contributed by atoms with Crippen molar-refractivity contribution in [1.82, 2.24) is 9.55 Å². The quantitative estimate of drug-likeness (QED) is 0.658. The largest absolute Gasteiger partial charge is 0.327 e. The van der Waals surface area contributed by atoms with Crippen LogP contribution in [0.3, 0.4) is 0 Å². The Morgan fingerprint density at radius 3 is 2.14 bits per heavy atom. The molecule has 2 aromatic carbocycles.